The lowest BCUT2D eigenvalue weighted by atomic mass is 10.0. The summed E-state index contributed by atoms with van der Waals surface area (Å²) in [4.78, 5) is 0. The third kappa shape index (κ3) is 4.11. The van der Waals surface area contributed by atoms with Crippen LogP contribution in [0.2, 0.25) is 0 Å². The van der Waals surface area contributed by atoms with Crippen LogP contribution in [0.15, 0.2) is 0 Å². The maximum absolute atomic E-state index is 13.3. The molecule has 1 aromatic carbocycles. The summed E-state index contributed by atoms with van der Waals surface area (Å²) in [6, 6.07) is 0. The average Bonchev–Trinajstić information content (AvgIpc) is 2.31. The number of hydrogen-bond acceptors (Lipinski definition) is 3. The highest BCUT2D eigenvalue weighted by molar-refractivity contribution is 7.74. The number of rotatable bonds is 4. The first-order valence-corrected chi connectivity index (χ1v) is 5.80. The van der Waals surface area contributed by atoms with Gasteiger partial charge in [-0.1, -0.05) is 0 Å². The Bertz CT molecular complexity index is 544. The molecule has 3 nitrogen and oxygen atoms in total. The van der Waals surface area contributed by atoms with E-state index in [2.05, 4.69) is 4.18 Å². The number of alkyl halides is 3. The van der Waals surface area contributed by atoms with Crippen LogP contribution in [0.5, 0.6) is 0 Å². The van der Waals surface area contributed by atoms with Crippen molar-refractivity contribution >= 4 is 11.4 Å². The van der Waals surface area contributed by atoms with Crippen molar-refractivity contribution in [1.82, 2.24) is 0 Å². The van der Waals surface area contributed by atoms with E-state index < -0.39 is 64.7 Å². The topological polar surface area (TPSA) is 49.4 Å². The largest absolute Gasteiger partial charge is 0.750 e. The molecule has 2 atom stereocenters. The Labute approximate surface area is 114 Å². The van der Waals surface area contributed by atoms with Crippen molar-refractivity contribution in [2.75, 3.05) is 0 Å². The molecule has 0 aliphatic carbocycles. The molecule has 0 bridgehead atoms. The van der Waals surface area contributed by atoms with Crippen LogP contribution in [0.25, 0.3) is 0 Å². The molecule has 0 saturated heterocycles. The lowest BCUT2D eigenvalue weighted by Gasteiger charge is -2.21. The normalized spacial score (nSPS) is 15.1. The van der Waals surface area contributed by atoms with Crippen LogP contribution in [-0.2, 0) is 15.5 Å². The van der Waals surface area contributed by atoms with Crippen molar-refractivity contribution in [2.24, 2.45) is 0 Å². The van der Waals surface area contributed by atoms with Crippen molar-refractivity contribution in [3.63, 3.8) is 0 Å². The first kappa shape index (κ1) is 17.8. The molecule has 0 amide bonds. The van der Waals surface area contributed by atoms with Gasteiger partial charge in [-0.05, 0) is 0 Å². The van der Waals surface area contributed by atoms with Crippen LogP contribution in [0, 0.1) is 29.1 Å². The Morgan fingerprint density at radius 2 is 1.33 bits per heavy atom. The summed E-state index contributed by atoms with van der Waals surface area (Å²) in [7, 11) is 0. The zero-order valence-corrected chi connectivity index (χ0v) is 10.3. The summed E-state index contributed by atoms with van der Waals surface area (Å²) in [5, 5.41) is 0. The van der Waals surface area contributed by atoms with E-state index in [1.54, 1.807) is 0 Å². The lowest BCUT2D eigenvalue weighted by molar-refractivity contribution is -0.151. The summed E-state index contributed by atoms with van der Waals surface area (Å²) >= 11 is -3.69. The van der Waals surface area contributed by atoms with E-state index >= 15 is 0 Å². The molecule has 0 N–H and O–H groups in total. The van der Waals surface area contributed by atoms with Crippen LogP contribution < -0.4 is 0 Å². The fourth-order valence-electron chi connectivity index (χ4n) is 1.39. The predicted octanol–water partition coefficient (Wildman–Crippen LogP) is 3.19. The molecule has 0 saturated carbocycles. The van der Waals surface area contributed by atoms with Gasteiger partial charge < -0.3 is 4.55 Å². The summed E-state index contributed by atoms with van der Waals surface area (Å²) in [6.07, 6.45) is -10.4. The highest BCUT2D eigenvalue weighted by atomic mass is 32.2. The van der Waals surface area contributed by atoms with E-state index in [1.165, 1.54) is 0 Å². The molecule has 0 heterocycles. The highest BCUT2D eigenvalue weighted by Crippen LogP contribution is 2.37. The minimum Gasteiger partial charge on any atom is -0.750 e. The third-order valence-electron chi connectivity index (χ3n) is 2.18. The Hall–Kier alpha value is -1.27. The van der Waals surface area contributed by atoms with Crippen LogP contribution in [0.1, 0.15) is 18.1 Å². The van der Waals surface area contributed by atoms with Crippen molar-refractivity contribution in [3.8, 4) is 0 Å². The zero-order valence-electron chi connectivity index (χ0n) is 9.44. The second-order valence-electron chi connectivity index (χ2n) is 3.59. The molecule has 0 radical (unpaired) electrons. The molecule has 0 aliphatic rings. The SMILES string of the molecule is O=S([O-])OC(CC(F)(F)F)c1c(F)c(F)c(F)c(F)c1F. The zero-order chi connectivity index (χ0) is 16.5. The Balaban J connectivity index is 3.47. The van der Waals surface area contributed by atoms with Gasteiger partial charge in [0.25, 0.3) is 0 Å². The van der Waals surface area contributed by atoms with E-state index in [0.717, 1.165) is 0 Å². The monoisotopic (exact) mass is 343 g/mol. The first-order chi connectivity index (χ1) is 9.45. The van der Waals surface area contributed by atoms with Gasteiger partial charge in [0.1, 0.15) is 6.10 Å². The quantitative estimate of drug-likeness (QED) is 0.365. The molecule has 2 unspecified atom stereocenters. The molecule has 0 aromatic heterocycles. The van der Waals surface area contributed by atoms with Crippen molar-refractivity contribution in [2.45, 2.75) is 18.7 Å². The number of halogens is 8. The van der Waals surface area contributed by atoms with Gasteiger partial charge in [0.2, 0.25) is 5.82 Å². The van der Waals surface area contributed by atoms with Gasteiger partial charge in [-0.15, -0.1) is 0 Å². The summed E-state index contributed by atoms with van der Waals surface area (Å²) in [5.74, 6) is -12.8. The fraction of sp³-hybridized carbons (Fsp3) is 0.333. The van der Waals surface area contributed by atoms with E-state index in [4.69, 9.17) is 0 Å². The van der Waals surface area contributed by atoms with Gasteiger partial charge >= 0.3 is 6.18 Å². The average molecular weight is 343 g/mol. The van der Waals surface area contributed by atoms with Crippen LogP contribution >= 0.6 is 0 Å². The lowest BCUT2D eigenvalue weighted by Crippen LogP contribution is -2.21. The van der Waals surface area contributed by atoms with Crippen LogP contribution in [0.3, 0.4) is 0 Å². The standard InChI is InChI=1S/C9H4F8O3S/c10-4-3(5(11)7(13)8(14)6(4)12)2(20-21(18)19)1-9(15,16)17/h2H,1H2,(H,18,19)/p-1. The molecule has 0 aliphatic heterocycles. The molecular formula is C9H3F8O3S-. The van der Waals surface area contributed by atoms with Gasteiger partial charge in [-0.25, -0.2) is 26.2 Å². The van der Waals surface area contributed by atoms with E-state index in [1.807, 2.05) is 0 Å². The summed E-state index contributed by atoms with van der Waals surface area (Å²) in [6.45, 7) is 0. The molecule has 1 aromatic rings. The molecule has 0 spiro atoms. The number of hydrogen-bond donors (Lipinski definition) is 0. The van der Waals surface area contributed by atoms with E-state index in [-0.39, 0.29) is 0 Å². The van der Waals surface area contributed by atoms with E-state index in [0.29, 0.717) is 0 Å². The molecular weight excluding hydrogens is 340 g/mol. The Morgan fingerprint density at radius 1 is 0.952 bits per heavy atom. The van der Waals surface area contributed by atoms with Crippen molar-refractivity contribution in [1.29, 1.82) is 0 Å². The maximum atomic E-state index is 13.3. The van der Waals surface area contributed by atoms with Crippen LogP contribution in [-0.4, -0.2) is 14.9 Å². The van der Waals surface area contributed by atoms with Gasteiger partial charge in [0.15, 0.2) is 23.3 Å². The highest BCUT2D eigenvalue weighted by Gasteiger charge is 2.39. The molecule has 1 rings (SSSR count). The maximum Gasteiger partial charge on any atom is 0.391 e. The molecule has 21 heavy (non-hydrogen) atoms. The Kier molecular flexibility index (Phi) is 5.28. The first-order valence-electron chi connectivity index (χ1n) is 4.80. The minimum atomic E-state index is -5.19. The predicted molar refractivity (Wildman–Crippen MR) is 49.6 cm³/mol. The van der Waals surface area contributed by atoms with Crippen molar-refractivity contribution < 1.29 is 48.1 Å². The second-order valence-corrected chi connectivity index (χ2v) is 4.19. The van der Waals surface area contributed by atoms with Gasteiger partial charge in [0.05, 0.1) is 23.3 Å². The van der Waals surface area contributed by atoms with Gasteiger partial charge in [0, 0.05) is 0 Å². The summed E-state index contributed by atoms with van der Waals surface area (Å²) in [5.41, 5.74) is -2.02. The minimum absolute atomic E-state index is 2.02. The van der Waals surface area contributed by atoms with Gasteiger partial charge in [-0.3, -0.25) is 4.18 Å². The summed E-state index contributed by atoms with van der Waals surface area (Å²) < 4.78 is 126. The molecule has 12 heteroatoms. The van der Waals surface area contributed by atoms with E-state index in [9.17, 15) is 43.9 Å². The van der Waals surface area contributed by atoms with Crippen molar-refractivity contribution in [3.05, 3.63) is 34.6 Å². The fourth-order valence-corrected chi connectivity index (χ4v) is 1.75. The molecule has 120 valence electrons. The molecule has 0 fully saturated rings. The van der Waals surface area contributed by atoms with Crippen LogP contribution in [0.4, 0.5) is 35.1 Å². The second kappa shape index (κ2) is 6.23. The van der Waals surface area contributed by atoms with Gasteiger partial charge in [-0.2, -0.15) is 13.2 Å². The third-order valence-corrected chi connectivity index (χ3v) is 2.57. The number of benzene rings is 1. The smallest absolute Gasteiger partial charge is 0.391 e. The Morgan fingerprint density at radius 3 is 1.67 bits per heavy atom.